The summed E-state index contributed by atoms with van der Waals surface area (Å²) < 4.78 is 6.41. The number of aromatic nitrogens is 3. The maximum atomic E-state index is 6.41. The standard InChI is InChI=1S/C65H43N3O/c1-6-22-44(23-7-1)45-24-20-25-46(42-45)61-66-62(68-63(67-61)54-36-21-39-59-60(54)53-35-17-19-38-58(53)69-59)47-40-41-57-55(43-47)52-34-16-18-37-56(52)64(48-26-8-2-9-27-48,49-28-10-3-11-29-49)65(57,50-30-12-4-13-31-50)51-32-14-5-15-33-51/h1-43H. The Labute approximate surface area is 400 Å². The van der Waals surface area contributed by atoms with Gasteiger partial charge in [0.1, 0.15) is 11.2 Å². The normalized spacial score (nSPS) is 13.4. The van der Waals surface area contributed by atoms with Gasteiger partial charge in [0.15, 0.2) is 17.5 Å². The highest BCUT2D eigenvalue weighted by Crippen LogP contribution is 2.65. The van der Waals surface area contributed by atoms with E-state index < -0.39 is 10.8 Å². The Morgan fingerprint density at radius 2 is 0.710 bits per heavy atom. The zero-order chi connectivity index (χ0) is 45.8. The minimum atomic E-state index is -0.772. The number of rotatable bonds is 8. The van der Waals surface area contributed by atoms with Gasteiger partial charge in [0.05, 0.1) is 10.8 Å². The van der Waals surface area contributed by atoms with E-state index in [9.17, 15) is 0 Å². The molecular formula is C65H43N3O. The van der Waals surface area contributed by atoms with E-state index in [1.807, 2.05) is 36.4 Å². The van der Waals surface area contributed by atoms with Crippen LogP contribution in [0.4, 0.5) is 0 Å². The van der Waals surface area contributed by atoms with Gasteiger partial charge in [-0.3, -0.25) is 0 Å². The van der Waals surface area contributed by atoms with E-state index in [2.05, 4.69) is 224 Å². The predicted octanol–water partition coefficient (Wildman–Crippen LogP) is 15.8. The summed E-state index contributed by atoms with van der Waals surface area (Å²) in [5.74, 6) is 1.74. The predicted molar refractivity (Wildman–Crippen MR) is 280 cm³/mol. The average Bonchev–Trinajstić information content (AvgIpc) is 3.83. The summed E-state index contributed by atoms with van der Waals surface area (Å²) in [6.45, 7) is 0. The lowest BCUT2D eigenvalue weighted by molar-refractivity contribution is 0.415. The van der Waals surface area contributed by atoms with Crippen molar-refractivity contribution in [2.75, 3.05) is 0 Å². The summed E-state index contributed by atoms with van der Waals surface area (Å²) in [5, 5.41) is 1.99. The van der Waals surface area contributed by atoms with Crippen molar-refractivity contribution in [3.05, 3.63) is 294 Å². The fourth-order valence-electron chi connectivity index (χ4n) is 11.4. The Morgan fingerprint density at radius 1 is 0.275 bits per heavy atom. The van der Waals surface area contributed by atoms with Crippen LogP contribution in [0.2, 0.25) is 0 Å². The van der Waals surface area contributed by atoms with Crippen molar-refractivity contribution in [3.8, 4) is 56.4 Å². The molecule has 0 amide bonds. The summed E-state index contributed by atoms with van der Waals surface area (Å²) >= 11 is 0. The van der Waals surface area contributed by atoms with Crippen molar-refractivity contribution in [2.24, 2.45) is 0 Å². The minimum Gasteiger partial charge on any atom is -0.456 e. The lowest BCUT2D eigenvalue weighted by Gasteiger charge is -2.57. The number of hydrogen-bond donors (Lipinski definition) is 0. The fraction of sp³-hybridized carbons (Fsp3) is 0.0308. The van der Waals surface area contributed by atoms with E-state index in [0.29, 0.717) is 17.5 Å². The van der Waals surface area contributed by atoms with Crippen LogP contribution in [0, 0.1) is 0 Å². The molecule has 1 aliphatic rings. The molecule has 1 aliphatic carbocycles. The molecule has 13 rings (SSSR count). The molecule has 2 heterocycles. The monoisotopic (exact) mass is 881 g/mol. The maximum absolute atomic E-state index is 6.41. The second-order valence-electron chi connectivity index (χ2n) is 17.8. The van der Waals surface area contributed by atoms with Gasteiger partial charge in [-0.2, -0.15) is 0 Å². The molecule has 0 bridgehead atoms. The van der Waals surface area contributed by atoms with E-state index in [-0.39, 0.29) is 0 Å². The van der Waals surface area contributed by atoms with Crippen LogP contribution in [0.5, 0.6) is 0 Å². The van der Waals surface area contributed by atoms with Crippen LogP contribution in [0.15, 0.2) is 265 Å². The summed E-state index contributed by atoms with van der Waals surface area (Å²) in [6.07, 6.45) is 0. The minimum absolute atomic E-state index is 0.575. The molecule has 0 saturated carbocycles. The second kappa shape index (κ2) is 16.4. The average molecular weight is 882 g/mol. The van der Waals surface area contributed by atoms with E-state index in [1.54, 1.807) is 0 Å². The highest BCUT2D eigenvalue weighted by Gasteiger charge is 2.61. The number of nitrogens with zero attached hydrogens (tertiary/aromatic N) is 3. The first-order valence-corrected chi connectivity index (χ1v) is 23.5. The Hall–Kier alpha value is -8.99. The summed E-state index contributed by atoms with van der Waals surface area (Å²) in [6, 6.07) is 93.6. The molecule has 0 unspecified atom stereocenters. The highest BCUT2D eigenvalue weighted by atomic mass is 16.3. The smallest absolute Gasteiger partial charge is 0.164 e. The lowest BCUT2D eigenvalue weighted by Crippen LogP contribution is -2.54. The van der Waals surface area contributed by atoms with Crippen LogP contribution < -0.4 is 0 Å². The molecule has 0 aliphatic heterocycles. The molecule has 69 heavy (non-hydrogen) atoms. The van der Waals surface area contributed by atoms with Crippen LogP contribution in [0.1, 0.15) is 33.4 Å². The summed E-state index contributed by atoms with van der Waals surface area (Å²) in [7, 11) is 0. The van der Waals surface area contributed by atoms with Crippen LogP contribution >= 0.6 is 0 Å². The van der Waals surface area contributed by atoms with Crippen molar-refractivity contribution in [3.63, 3.8) is 0 Å². The Bertz CT molecular complexity index is 3750. The Balaban J connectivity index is 1.12. The summed E-state index contributed by atoms with van der Waals surface area (Å²) in [4.78, 5) is 16.2. The van der Waals surface area contributed by atoms with E-state index >= 15 is 0 Å². The zero-order valence-electron chi connectivity index (χ0n) is 37.6. The molecule has 0 N–H and O–H groups in total. The van der Waals surface area contributed by atoms with E-state index in [1.165, 1.54) is 33.4 Å². The third-order valence-corrected chi connectivity index (χ3v) is 14.2. The Kier molecular flexibility index (Phi) is 9.58. The van der Waals surface area contributed by atoms with Gasteiger partial charge in [0, 0.05) is 27.5 Å². The van der Waals surface area contributed by atoms with Crippen LogP contribution in [0.3, 0.4) is 0 Å². The van der Waals surface area contributed by atoms with Crippen LogP contribution in [-0.2, 0) is 10.8 Å². The number of fused-ring (bicyclic) bond motifs is 6. The van der Waals surface area contributed by atoms with Crippen molar-refractivity contribution in [1.82, 2.24) is 15.0 Å². The topological polar surface area (TPSA) is 51.8 Å². The molecular weight excluding hydrogens is 839 g/mol. The van der Waals surface area contributed by atoms with Gasteiger partial charge in [0.25, 0.3) is 0 Å². The van der Waals surface area contributed by atoms with Gasteiger partial charge in [-0.1, -0.05) is 237 Å². The maximum Gasteiger partial charge on any atom is 0.164 e. The van der Waals surface area contributed by atoms with Gasteiger partial charge in [-0.05, 0) is 79.9 Å². The molecule has 0 fully saturated rings. The molecule has 0 radical (unpaired) electrons. The van der Waals surface area contributed by atoms with Gasteiger partial charge >= 0.3 is 0 Å². The largest absolute Gasteiger partial charge is 0.456 e. The van der Waals surface area contributed by atoms with Gasteiger partial charge in [0.2, 0.25) is 0 Å². The first-order chi connectivity index (χ1) is 34.2. The van der Waals surface area contributed by atoms with Crippen molar-refractivity contribution in [1.29, 1.82) is 0 Å². The number of benzene rings is 10. The summed E-state index contributed by atoms with van der Waals surface area (Å²) in [5.41, 5.74) is 14.5. The van der Waals surface area contributed by atoms with Crippen molar-refractivity contribution >= 4 is 21.9 Å². The van der Waals surface area contributed by atoms with Crippen molar-refractivity contribution in [2.45, 2.75) is 10.8 Å². The third kappa shape index (κ3) is 6.26. The molecule has 4 nitrogen and oxygen atoms in total. The fourth-order valence-corrected chi connectivity index (χ4v) is 11.4. The van der Waals surface area contributed by atoms with Gasteiger partial charge in [-0.25, -0.2) is 15.0 Å². The quantitative estimate of drug-likeness (QED) is 0.153. The molecule has 10 aromatic carbocycles. The van der Waals surface area contributed by atoms with Crippen molar-refractivity contribution < 1.29 is 4.42 Å². The first-order valence-electron chi connectivity index (χ1n) is 23.5. The SMILES string of the molecule is c1ccc(-c2cccc(-c3nc(-c4ccc5c(c4)-c4ccccc4C(c4ccccc4)(c4ccccc4)C5(c4ccccc4)c4ccccc4)nc(-c4cccc5oc6ccccc6c45)n3)c2)cc1. The van der Waals surface area contributed by atoms with Crippen LogP contribution in [-0.4, -0.2) is 15.0 Å². The molecule has 324 valence electrons. The van der Waals surface area contributed by atoms with E-state index in [4.69, 9.17) is 19.4 Å². The lowest BCUT2D eigenvalue weighted by atomic mass is 9.43. The van der Waals surface area contributed by atoms with E-state index in [0.717, 1.165) is 60.9 Å². The molecule has 12 aromatic rings. The first kappa shape index (κ1) is 40.3. The highest BCUT2D eigenvalue weighted by molar-refractivity contribution is 6.11. The van der Waals surface area contributed by atoms with Crippen LogP contribution in [0.25, 0.3) is 78.4 Å². The molecule has 4 heteroatoms. The number of furan rings is 1. The van der Waals surface area contributed by atoms with Gasteiger partial charge in [-0.15, -0.1) is 0 Å². The van der Waals surface area contributed by atoms with Gasteiger partial charge < -0.3 is 4.42 Å². The number of hydrogen-bond acceptors (Lipinski definition) is 4. The molecule has 2 aromatic heterocycles. The third-order valence-electron chi connectivity index (χ3n) is 14.2. The molecule has 0 saturated heterocycles. The zero-order valence-corrected chi connectivity index (χ0v) is 37.6. The molecule has 0 atom stereocenters. The Morgan fingerprint density at radius 3 is 1.33 bits per heavy atom. The second-order valence-corrected chi connectivity index (χ2v) is 17.8. The number of para-hydroxylation sites is 1. The molecule has 0 spiro atoms.